The third-order valence-corrected chi connectivity index (χ3v) is 2.98. The molecule has 1 saturated heterocycles. The highest BCUT2D eigenvalue weighted by atomic mass is 79.9. The molecule has 0 aromatic heterocycles. The highest BCUT2D eigenvalue weighted by molar-refractivity contribution is 9.10. The van der Waals surface area contributed by atoms with E-state index in [2.05, 4.69) is 27.3 Å². The maximum atomic E-state index is 5.93. The Balaban J connectivity index is 2.29. The fraction of sp³-hybridized carbons (Fsp3) is 0.400. The molecule has 0 amide bonds. The van der Waals surface area contributed by atoms with Crippen LogP contribution in [0.2, 0.25) is 0 Å². The van der Waals surface area contributed by atoms with Gasteiger partial charge in [0.1, 0.15) is 0 Å². The first-order valence-electron chi connectivity index (χ1n) is 4.55. The van der Waals surface area contributed by atoms with Gasteiger partial charge in [0.2, 0.25) is 0 Å². The number of hydrogen-bond acceptors (Lipinski definition) is 2. The van der Waals surface area contributed by atoms with E-state index in [4.69, 9.17) is 5.73 Å². The molecule has 3 heteroatoms. The number of hydrogen-bond donors (Lipinski definition) is 2. The van der Waals surface area contributed by atoms with E-state index in [1.165, 1.54) is 18.4 Å². The molecule has 13 heavy (non-hydrogen) atoms. The zero-order valence-electron chi connectivity index (χ0n) is 7.39. The summed E-state index contributed by atoms with van der Waals surface area (Å²) in [6, 6.07) is 6.58. The number of anilines is 1. The Labute approximate surface area is 86.6 Å². The normalized spacial score (nSPS) is 22.1. The van der Waals surface area contributed by atoms with Gasteiger partial charge in [-0.05, 0) is 37.1 Å². The van der Waals surface area contributed by atoms with E-state index in [1.807, 2.05) is 12.1 Å². The maximum absolute atomic E-state index is 5.93. The van der Waals surface area contributed by atoms with Crippen molar-refractivity contribution in [3.8, 4) is 0 Å². The van der Waals surface area contributed by atoms with Crippen LogP contribution in [0.15, 0.2) is 22.7 Å². The second kappa shape index (κ2) is 3.68. The quantitative estimate of drug-likeness (QED) is 0.741. The Hall–Kier alpha value is -0.540. The molecule has 2 rings (SSSR count). The van der Waals surface area contributed by atoms with Crippen LogP contribution in [-0.2, 0) is 0 Å². The van der Waals surface area contributed by atoms with Crippen LogP contribution in [0.3, 0.4) is 0 Å². The zero-order valence-corrected chi connectivity index (χ0v) is 8.97. The number of nitrogens with two attached hydrogens (primary N) is 1. The third kappa shape index (κ3) is 1.86. The van der Waals surface area contributed by atoms with Crippen molar-refractivity contribution in [2.45, 2.75) is 18.9 Å². The minimum absolute atomic E-state index is 0.466. The zero-order chi connectivity index (χ0) is 9.26. The van der Waals surface area contributed by atoms with Crippen LogP contribution >= 0.6 is 15.9 Å². The van der Waals surface area contributed by atoms with Crippen molar-refractivity contribution < 1.29 is 0 Å². The molecular weight excluding hydrogens is 228 g/mol. The van der Waals surface area contributed by atoms with Gasteiger partial charge in [-0.25, -0.2) is 0 Å². The summed E-state index contributed by atoms with van der Waals surface area (Å²) >= 11 is 3.40. The highest BCUT2D eigenvalue weighted by Gasteiger charge is 2.17. The van der Waals surface area contributed by atoms with Crippen molar-refractivity contribution in [3.05, 3.63) is 28.2 Å². The summed E-state index contributed by atoms with van der Waals surface area (Å²) in [7, 11) is 0. The first kappa shape index (κ1) is 9.03. The molecule has 1 unspecified atom stereocenters. The van der Waals surface area contributed by atoms with E-state index in [9.17, 15) is 0 Å². The summed E-state index contributed by atoms with van der Waals surface area (Å²) in [6.45, 7) is 1.11. The summed E-state index contributed by atoms with van der Waals surface area (Å²) < 4.78 is 1.05. The molecule has 1 fully saturated rings. The lowest BCUT2D eigenvalue weighted by atomic mass is 10.0. The molecular formula is C10H13BrN2. The molecule has 0 spiro atoms. The van der Waals surface area contributed by atoms with Crippen LogP contribution in [-0.4, -0.2) is 6.54 Å². The average Bonchev–Trinajstić information content (AvgIpc) is 2.56. The number of benzene rings is 1. The molecule has 2 nitrogen and oxygen atoms in total. The third-order valence-electron chi connectivity index (χ3n) is 2.48. The Morgan fingerprint density at radius 1 is 1.46 bits per heavy atom. The molecule has 1 aliphatic heterocycles. The van der Waals surface area contributed by atoms with Gasteiger partial charge in [-0.3, -0.25) is 0 Å². The van der Waals surface area contributed by atoms with Gasteiger partial charge in [0.15, 0.2) is 0 Å². The molecule has 0 bridgehead atoms. The van der Waals surface area contributed by atoms with Crippen LogP contribution in [0.5, 0.6) is 0 Å². The molecule has 0 saturated carbocycles. The minimum Gasteiger partial charge on any atom is -0.398 e. The van der Waals surface area contributed by atoms with Crippen LogP contribution in [0.25, 0.3) is 0 Å². The summed E-state index contributed by atoms with van der Waals surface area (Å²) in [5, 5.41) is 3.44. The van der Waals surface area contributed by atoms with Gasteiger partial charge >= 0.3 is 0 Å². The SMILES string of the molecule is Nc1cc(Br)ccc1C1CCCN1. The van der Waals surface area contributed by atoms with Gasteiger partial charge in [-0.1, -0.05) is 22.0 Å². The summed E-state index contributed by atoms with van der Waals surface area (Å²) in [5.41, 5.74) is 8.05. The summed E-state index contributed by atoms with van der Waals surface area (Å²) in [5.74, 6) is 0. The van der Waals surface area contributed by atoms with Gasteiger partial charge in [0, 0.05) is 16.2 Å². The minimum atomic E-state index is 0.466. The molecule has 3 N–H and O–H groups in total. The van der Waals surface area contributed by atoms with Crippen LogP contribution < -0.4 is 11.1 Å². The van der Waals surface area contributed by atoms with Crippen molar-refractivity contribution in [1.82, 2.24) is 5.32 Å². The van der Waals surface area contributed by atoms with Crippen molar-refractivity contribution in [2.75, 3.05) is 12.3 Å². The predicted octanol–water partition coefficient (Wildman–Crippen LogP) is 2.46. The lowest BCUT2D eigenvalue weighted by molar-refractivity contribution is 0.650. The lowest BCUT2D eigenvalue weighted by Crippen LogP contribution is -2.14. The number of halogens is 1. The van der Waals surface area contributed by atoms with Gasteiger partial charge in [-0.15, -0.1) is 0 Å². The lowest BCUT2D eigenvalue weighted by Gasteiger charge is -2.13. The van der Waals surface area contributed by atoms with Crippen LogP contribution in [0, 0.1) is 0 Å². The smallest absolute Gasteiger partial charge is 0.0373 e. The standard InChI is InChI=1S/C10H13BrN2/c11-7-3-4-8(9(12)6-7)10-2-1-5-13-10/h3-4,6,10,13H,1-2,5,12H2. The largest absolute Gasteiger partial charge is 0.398 e. The Bertz CT molecular complexity index is 306. The molecule has 1 aromatic rings. The molecule has 1 heterocycles. The predicted molar refractivity (Wildman–Crippen MR) is 58.5 cm³/mol. The van der Waals surface area contributed by atoms with Crippen molar-refractivity contribution in [2.24, 2.45) is 0 Å². The number of nitrogens with one attached hydrogen (secondary N) is 1. The second-order valence-electron chi connectivity index (χ2n) is 3.42. The van der Waals surface area contributed by atoms with Gasteiger partial charge in [0.05, 0.1) is 0 Å². The van der Waals surface area contributed by atoms with Crippen LogP contribution in [0.1, 0.15) is 24.4 Å². The van der Waals surface area contributed by atoms with E-state index < -0.39 is 0 Å². The first-order chi connectivity index (χ1) is 6.27. The molecule has 1 aliphatic rings. The van der Waals surface area contributed by atoms with E-state index in [-0.39, 0.29) is 0 Å². The second-order valence-corrected chi connectivity index (χ2v) is 4.34. The molecule has 0 radical (unpaired) electrons. The number of nitrogen functional groups attached to an aromatic ring is 1. The topological polar surface area (TPSA) is 38.0 Å². The van der Waals surface area contributed by atoms with E-state index in [0.29, 0.717) is 6.04 Å². The molecule has 1 atom stereocenters. The Morgan fingerprint density at radius 2 is 2.31 bits per heavy atom. The average molecular weight is 241 g/mol. The maximum Gasteiger partial charge on any atom is 0.0373 e. The summed E-state index contributed by atoms with van der Waals surface area (Å²) in [6.07, 6.45) is 2.45. The van der Waals surface area contributed by atoms with Gasteiger partial charge in [-0.2, -0.15) is 0 Å². The van der Waals surface area contributed by atoms with Crippen molar-refractivity contribution in [1.29, 1.82) is 0 Å². The van der Waals surface area contributed by atoms with E-state index >= 15 is 0 Å². The molecule has 70 valence electrons. The van der Waals surface area contributed by atoms with Gasteiger partial charge in [0.25, 0.3) is 0 Å². The highest BCUT2D eigenvalue weighted by Crippen LogP contribution is 2.29. The Kier molecular flexibility index (Phi) is 2.56. The van der Waals surface area contributed by atoms with E-state index in [0.717, 1.165) is 16.7 Å². The summed E-state index contributed by atoms with van der Waals surface area (Å²) in [4.78, 5) is 0. The van der Waals surface area contributed by atoms with Crippen LogP contribution in [0.4, 0.5) is 5.69 Å². The number of rotatable bonds is 1. The molecule has 1 aromatic carbocycles. The Morgan fingerprint density at radius 3 is 2.92 bits per heavy atom. The van der Waals surface area contributed by atoms with Crippen molar-refractivity contribution in [3.63, 3.8) is 0 Å². The first-order valence-corrected chi connectivity index (χ1v) is 5.35. The molecule has 0 aliphatic carbocycles. The fourth-order valence-corrected chi connectivity index (χ4v) is 2.19. The van der Waals surface area contributed by atoms with Gasteiger partial charge < -0.3 is 11.1 Å². The monoisotopic (exact) mass is 240 g/mol. The van der Waals surface area contributed by atoms with Crippen molar-refractivity contribution >= 4 is 21.6 Å². The van der Waals surface area contributed by atoms with E-state index in [1.54, 1.807) is 0 Å². The fourth-order valence-electron chi connectivity index (χ4n) is 1.81.